The Morgan fingerprint density at radius 1 is 1.53 bits per heavy atom. The van der Waals surface area contributed by atoms with Gasteiger partial charge < -0.3 is 15.6 Å². The Bertz CT molecular complexity index is 423. The molecule has 5 heteroatoms. The predicted octanol–water partition coefficient (Wildman–Crippen LogP) is 0.361. The fraction of sp³-hybridized carbons (Fsp3) is 0.400. The zero-order valence-corrected chi connectivity index (χ0v) is 9.10. The van der Waals surface area contributed by atoms with Crippen LogP contribution in [0.15, 0.2) is 10.9 Å². The van der Waals surface area contributed by atoms with Gasteiger partial charge in [-0.05, 0) is 6.92 Å². The summed E-state index contributed by atoms with van der Waals surface area (Å²) in [6, 6.07) is 1.51. The monoisotopic (exact) mass is 209 g/mol. The lowest BCUT2D eigenvalue weighted by Crippen LogP contribution is -2.25. The molecule has 1 rings (SSSR count). The van der Waals surface area contributed by atoms with Crippen molar-refractivity contribution in [3.63, 3.8) is 0 Å². The van der Waals surface area contributed by atoms with Crippen molar-refractivity contribution in [2.75, 3.05) is 12.4 Å². The van der Waals surface area contributed by atoms with E-state index in [-0.39, 0.29) is 17.9 Å². The molecule has 0 fully saturated rings. The topological polar surface area (TPSA) is 74.0 Å². The molecule has 0 aliphatic rings. The Labute approximate surface area is 87.9 Å². The van der Waals surface area contributed by atoms with E-state index in [1.807, 2.05) is 6.92 Å². The fourth-order valence-corrected chi connectivity index (χ4v) is 1.32. The van der Waals surface area contributed by atoms with Crippen molar-refractivity contribution in [1.82, 2.24) is 10.3 Å². The predicted molar refractivity (Wildman–Crippen MR) is 58.9 cm³/mol. The lowest BCUT2D eigenvalue weighted by Gasteiger charge is -2.09. The largest absolute Gasteiger partial charge is 0.374 e. The molecule has 0 bridgehead atoms. The molecule has 82 valence electrons. The standard InChI is InChI=1S/C10H15N3O2/c1-6-4-9(15)8(5-12-7(2)14)10(11-3)13-6/h4H,5H2,1-3H3,(H,12,14)(H2,11,13,15). The first-order chi connectivity index (χ1) is 7.04. The van der Waals surface area contributed by atoms with E-state index in [9.17, 15) is 9.59 Å². The number of aromatic nitrogens is 1. The van der Waals surface area contributed by atoms with E-state index < -0.39 is 0 Å². The molecule has 0 saturated heterocycles. The first-order valence-electron chi connectivity index (χ1n) is 4.69. The van der Waals surface area contributed by atoms with E-state index in [1.165, 1.54) is 13.0 Å². The van der Waals surface area contributed by atoms with Crippen LogP contribution in [0.2, 0.25) is 0 Å². The van der Waals surface area contributed by atoms with Crippen LogP contribution in [0.4, 0.5) is 5.82 Å². The lowest BCUT2D eigenvalue weighted by molar-refractivity contribution is -0.119. The summed E-state index contributed by atoms with van der Waals surface area (Å²) in [7, 11) is 1.72. The number of anilines is 1. The molecule has 0 aliphatic carbocycles. The third-order valence-corrected chi connectivity index (χ3v) is 2.03. The summed E-state index contributed by atoms with van der Waals surface area (Å²) in [5.74, 6) is 0.491. The molecule has 0 unspecified atom stereocenters. The summed E-state index contributed by atoms with van der Waals surface area (Å²) in [5.41, 5.74) is 1.25. The number of hydrogen-bond acceptors (Lipinski definition) is 3. The minimum Gasteiger partial charge on any atom is -0.374 e. The summed E-state index contributed by atoms with van der Waals surface area (Å²) in [6.45, 7) is 3.47. The Morgan fingerprint density at radius 3 is 2.73 bits per heavy atom. The first-order valence-corrected chi connectivity index (χ1v) is 4.69. The van der Waals surface area contributed by atoms with Crippen molar-refractivity contribution in [2.24, 2.45) is 0 Å². The van der Waals surface area contributed by atoms with Crippen molar-refractivity contribution in [3.05, 3.63) is 27.5 Å². The number of pyridine rings is 1. The molecule has 1 heterocycles. The maximum absolute atomic E-state index is 11.6. The van der Waals surface area contributed by atoms with Crippen molar-refractivity contribution < 1.29 is 4.79 Å². The zero-order valence-electron chi connectivity index (χ0n) is 9.10. The smallest absolute Gasteiger partial charge is 0.217 e. The van der Waals surface area contributed by atoms with Gasteiger partial charge >= 0.3 is 0 Å². The van der Waals surface area contributed by atoms with E-state index in [4.69, 9.17) is 0 Å². The molecule has 1 aromatic heterocycles. The molecule has 0 atom stereocenters. The SMILES string of the molecule is CNc1[nH]c(C)cc(=O)c1CNC(C)=O. The number of aromatic amines is 1. The molecule has 1 amide bonds. The molecular weight excluding hydrogens is 194 g/mol. The number of nitrogens with one attached hydrogen (secondary N) is 3. The Morgan fingerprint density at radius 2 is 2.20 bits per heavy atom. The van der Waals surface area contributed by atoms with Crippen molar-refractivity contribution >= 4 is 11.7 Å². The number of carbonyl (C=O) groups excluding carboxylic acids is 1. The zero-order chi connectivity index (χ0) is 11.4. The summed E-state index contributed by atoms with van der Waals surface area (Å²) in [5, 5.41) is 5.49. The third kappa shape index (κ3) is 2.83. The number of carbonyl (C=O) groups is 1. The molecule has 3 N–H and O–H groups in total. The van der Waals surface area contributed by atoms with Crippen molar-refractivity contribution in [3.8, 4) is 0 Å². The number of aryl methyl sites for hydroxylation is 1. The number of H-pyrrole nitrogens is 1. The third-order valence-electron chi connectivity index (χ3n) is 2.03. The van der Waals surface area contributed by atoms with Gasteiger partial charge in [0.1, 0.15) is 5.82 Å². The van der Waals surface area contributed by atoms with Gasteiger partial charge in [-0.2, -0.15) is 0 Å². The van der Waals surface area contributed by atoms with Crippen LogP contribution in [0.5, 0.6) is 0 Å². The van der Waals surface area contributed by atoms with Gasteiger partial charge in [-0.3, -0.25) is 9.59 Å². The number of rotatable bonds is 3. The van der Waals surface area contributed by atoms with Crippen LogP contribution in [0, 0.1) is 6.92 Å². The van der Waals surface area contributed by atoms with Crippen LogP contribution in [0.1, 0.15) is 18.2 Å². The Balaban J connectivity index is 3.04. The van der Waals surface area contributed by atoms with Gasteiger partial charge in [0.2, 0.25) is 5.91 Å². The maximum atomic E-state index is 11.6. The summed E-state index contributed by atoms with van der Waals surface area (Å²) < 4.78 is 0. The van der Waals surface area contributed by atoms with Gasteiger partial charge in [0.05, 0.1) is 12.1 Å². The Hall–Kier alpha value is -1.78. The van der Waals surface area contributed by atoms with Gasteiger partial charge in [0.25, 0.3) is 0 Å². The number of hydrogen-bond donors (Lipinski definition) is 3. The molecular formula is C10H15N3O2. The van der Waals surface area contributed by atoms with Crippen LogP contribution in [0.25, 0.3) is 0 Å². The highest BCUT2D eigenvalue weighted by atomic mass is 16.1. The molecule has 0 saturated carbocycles. The van der Waals surface area contributed by atoms with Crippen LogP contribution in [0.3, 0.4) is 0 Å². The highest BCUT2D eigenvalue weighted by Gasteiger charge is 2.07. The summed E-state index contributed by atoms with van der Waals surface area (Å²) >= 11 is 0. The minimum absolute atomic E-state index is 0.0793. The Kier molecular flexibility index (Phi) is 3.49. The van der Waals surface area contributed by atoms with Gasteiger partial charge in [0.15, 0.2) is 5.43 Å². The molecule has 0 aliphatic heterocycles. The maximum Gasteiger partial charge on any atom is 0.217 e. The molecule has 0 aromatic carbocycles. The molecule has 5 nitrogen and oxygen atoms in total. The molecule has 15 heavy (non-hydrogen) atoms. The van der Waals surface area contributed by atoms with Gasteiger partial charge in [0, 0.05) is 25.7 Å². The van der Waals surface area contributed by atoms with Gasteiger partial charge in [-0.1, -0.05) is 0 Å². The van der Waals surface area contributed by atoms with Crippen LogP contribution in [-0.4, -0.2) is 17.9 Å². The number of amides is 1. The normalized spacial score (nSPS) is 9.80. The van der Waals surface area contributed by atoms with E-state index in [1.54, 1.807) is 7.05 Å². The highest BCUT2D eigenvalue weighted by molar-refractivity contribution is 5.73. The quantitative estimate of drug-likeness (QED) is 0.673. The molecule has 1 aromatic rings. The van der Waals surface area contributed by atoms with Gasteiger partial charge in [-0.15, -0.1) is 0 Å². The van der Waals surface area contributed by atoms with Crippen molar-refractivity contribution in [1.29, 1.82) is 0 Å². The van der Waals surface area contributed by atoms with E-state index >= 15 is 0 Å². The average Bonchev–Trinajstić information content (AvgIpc) is 2.14. The second-order valence-electron chi connectivity index (χ2n) is 3.33. The van der Waals surface area contributed by atoms with Crippen LogP contribution >= 0.6 is 0 Å². The van der Waals surface area contributed by atoms with Crippen LogP contribution < -0.4 is 16.1 Å². The second kappa shape index (κ2) is 4.63. The van der Waals surface area contributed by atoms with E-state index in [2.05, 4.69) is 15.6 Å². The van der Waals surface area contributed by atoms with Crippen LogP contribution in [-0.2, 0) is 11.3 Å². The second-order valence-corrected chi connectivity index (χ2v) is 3.33. The minimum atomic E-state index is -0.156. The average molecular weight is 209 g/mol. The lowest BCUT2D eigenvalue weighted by atomic mass is 10.2. The van der Waals surface area contributed by atoms with Crippen molar-refractivity contribution in [2.45, 2.75) is 20.4 Å². The first kappa shape index (κ1) is 11.3. The van der Waals surface area contributed by atoms with E-state index in [0.29, 0.717) is 11.4 Å². The summed E-state index contributed by atoms with van der Waals surface area (Å²) in [4.78, 5) is 25.4. The summed E-state index contributed by atoms with van der Waals surface area (Å²) in [6.07, 6.45) is 0. The molecule has 0 spiro atoms. The van der Waals surface area contributed by atoms with Gasteiger partial charge in [-0.25, -0.2) is 0 Å². The fourth-order valence-electron chi connectivity index (χ4n) is 1.32. The highest BCUT2D eigenvalue weighted by Crippen LogP contribution is 2.07. The molecule has 0 radical (unpaired) electrons. The van der Waals surface area contributed by atoms with E-state index in [0.717, 1.165) is 5.69 Å².